The molecule has 3 N–H and O–H groups in total. The quantitative estimate of drug-likeness (QED) is 0.390. The van der Waals surface area contributed by atoms with Crippen molar-refractivity contribution in [2.24, 2.45) is 15.7 Å². The van der Waals surface area contributed by atoms with Crippen LogP contribution in [0, 0.1) is 5.82 Å². The minimum atomic E-state index is -3.64. The first-order valence-electron chi connectivity index (χ1n) is 13.0. The summed E-state index contributed by atoms with van der Waals surface area (Å²) in [5.74, 6) is -0.0774. The number of aliphatic imine (C=N–C) groups is 2. The van der Waals surface area contributed by atoms with Gasteiger partial charge in [-0.1, -0.05) is 54.1 Å². The van der Waals surface area contributed by atoms with E-state index in [0.717, 1.165) is 24.5 Å². The number of carboxylic acid groups (broad SMARTS) is 1. The molecule has 0 bridgehead atoms. The Balaban J connectivity index is 0.000000794. The summed E-state index contributed by atoms with van der Waals surface area (Å²) in [6, 6.07) is 19.1. The second-order valence-corrected chi connectivity index (χ2v) is 12.1. The number of rotatable bonds is 6. The number of halogens is 2. The van der Waals surface area contributed by atoms with Gasteiger partial charge in [0.1, 0.15) is 17.4 Å². The van der Waals surface area contributed by atoms with Crippen molar-refractivity contribution in [2.75, 3.05) is 13.1 Å². The molecule has 0 saturated heterocycles. The van der Waals surface area contributed by atoms with Crippen LogP contribution in [-0.2, 0) is 20.5 Å². The van der Waals surface area contributed by atoms with E-state index < -0.39 is 32.7 Å². The second-order valence-electron chi connectivity index (χ2n) is 9.89. The molecule has 12 heteroatoms. The fourth-order valence-corrected chi connectivity index (χ4v) is 6.33. The van der Waals surface area contributed by atoms with Crippen LogP contribution < -0.4 is 9.92 Å². The molecule has 3 aliphatic rings. The summed E-state index contributed by atoms with van der Waals surface area (Å²) in [6.07, 6.45) is 2.09. The van der Waals surface area contributed by atoms with Crippen molar-refractivity contribution in [3.8, 4) is 16.9 Å². The van der Waals surface area contributed by atoms with E-state index in [1.165, 1.54) is 6.07 Å². The average Bonchev–Trinajstić information content (AvgIpc) is 3.76. The van der Waals surface area contributed by atoms with Gasteiger partial charge in [0.15, 0.2) is 11.5 Å². The van der Waals surface area contributed by atoms with Crippen molar-refractivity contribution >= 4 is 39.5 Å². The predicted octanol–water partition coefficient (Wildman–Crippen LogP) is 4.78. The van der Waals surface area contributed by atoms with Crippen molar-refractivity contribution in [1.29, 1.82) is 0 Å². The van der Waals surface area contributed by atoms with Gasteiger partial charge >= 0.3 is 10.1 Å². The fraction of sp³-hybridized carbons (Fsp3) is 0.276. The molecule has 0 spiro atoms. The SMILES string of the molecule is CC(=O)O.NC1=NC(c2ccc(OS(=O)(=O)C3CC3)cc2)(c2cccc(-c3cccc(Cl)c3F)c2)C2=NCCCN12. The summed E-state index contributed by atoms with van der Waals surface area (Å²) in [7, 11) is -3.64. The number of nitrogens with two attached hydrogens (primary N) is 1. The van der Waals surface area contributed by atoms with Crippen LogP contribution in [-0.4, -0.2) is 54.5 Å². The molecule has 1 aliphatic carbocycles. The van der Waals surface area contributed by atoms with Gasteiger partial charge in [-0.25, -0.2) is 9.38 Å². The molecule has 1 unspecified atom stereocenters. The molecule has 9 nitrogen and oxygen atoms in total. The first kappa shape index (κ1) is 28.6. The zero-order valence-corrected chi connectivity index (χ0v) is 23.7. The summed E-state index contributed by atoms with van der Waals surface area (Å²) in [6.45, 7) is 2.39. The zero-order chi connectivity index (χ0) is 29.4. The van der Waals surface area contributed by atoms with Crippen LogP contribution in [0.2, 0.25) is 5.02 Å². The van der Waals surface area contributed by atoms with Crippen molar-refractivity contribution in [1.82, 2.24) is 4.90 Å². The van der Waals surface area contributed by atoms with E-state index in [1.54, 1.807) is 36.4 Å². The fourth-order valence-electron chi connectivity index (χ4n) is 4.92. The highest BCUT2D eigenvalue weighted by molar-refractivity contribution is 7.88. The lowest BCUT2D eigenvalue weighted by Crippen LogP contribution is -2.46. The number of nitrogens with zero attached hydrogens (tertiary/aromatic N) is 3. The van der Waals surface area contributed by atoms with Crippen molar-refractivity contribution in [3.63, 3.8) is 0 Å². The van der Waals surface area contributed by atoms with Crippen molar-refractivity contribution in [3.05, 3.63) is 88.7 Å². The molecule has 0 amide bonds. The van der Waals surface area contributed by atoms with Gasteiger partial charge in [-0.15, -0.1) is 0 Å². The summed E-state index contributed by atoms with van der Waals surface area (Å²) in [5.41, 5.74) is 7.79. The number of guanidine groups is 1. The third-order valence-corrected chi connectivity index (χ3v) is 8.90. The monoisotopic (exact) mass is 598 g/mol. The molecule has 2 aliphatic heterocycles. The summed E-state index contributed by atoms with van der Waals surface area (Å²) in [4.78, 5) is 20.7. The van der Waals surface area contributed by atoms with E-state index in [2.05, 4.69) is 0 Å². The van der Waals surface area contributed by atoms with Crippen LogP contribution in [0.5, 0.6) is 5.75 Å². The molecule has 2 heterocycles. The molecule has 3 aromatic rings. The lowest BCUT2D eigenvalue weighted by molar-refractivity contribution is -0.134. The molecular formula is C29H28ClFN4O5S. The molecular weight excluding hydrogens is 571 g/mol. The predicted molar refractivity (Wildman–Crippen MR) is 155 cm³/mol. The number of aliphatic carboxylic acids is 1. The van der Waals surface area contributed by atoms with Gasteiger partial charge in [-0.3, -0.25) is 14.7 Å². The van der Waals surface area contributed by atoms with Crippen LogP contribution in [0.25, 0.3) is 11.1 Å². The largest absolute Gasteiger partial charge is 0.481 e. The number of carboxylic acids is 1. The van der Waals surface area contributed by atoms with E-state index >= 15 is 0 Å². The molecule has 1 fully saturated rings. The van der Waals surface area contributed by atoms with Crippen molar-refractivity contribution < 1.29 is 26.9 Å². The summed E-state index contributed by atoms with van der Waals surface area (Å²) >= 11 is 6.05. The molecule has 41 heavy (non-hydrogen) atoms. The Morgan fingerprint density at radius 2 is 1.80 bits per heavy atom. The molecule has 3 aromatic carbocycles. The van der Waals surface area contributed by atoms with Crippen LogP contribution in [0.1, 0.15) is 37.3 Å². The number of carbonyl (C=O) groups is 1. The topological polar surface area (TPSA) is 135 Å². The van der Waals surface area contributed by atoms with Gasteiger partial charge in [-0.05, 0) is 60.2 Å². The highest BCUT2D eigenvalue weighted by Crippen LogP contribution is 2.43. The van der Waals surface area contributed by atoms with E-state index in [-0.39, 0.29) is 10.8 Å². The highest BCUT2D eigenvalue weighted by atomic mass is 35.5. The Morgan fingerprint density at radius 1 is 1.12 bits per heavy atom. The summed E-state index contributed by atoms with van der Waals surface area (Å²) in [5, 5.41) is 7.03. The standard InChI is InChI=1S/C27H24ClFN4O3S.C2H4O2/c28-23-7-2-6-22(24(23)29)17-4-1-5-19(16-17)27(25-31-14-3-15-33(25)26(30)32-27)18-8-10-20(11-9-18)36-37(34,35)21-12-13-21;1-2(3)4/h1-2,4-11,16,21H,3,12-15H2,(H2,30,32);1H3,(H,3,4). The molecule has 1 atom stereocenters. The Hall–Kier alpha value is -3.96. The van der Waals surface area contributed by atoms with Gasteiger partial charge in [0.05, 0.1) is 10.3 Å². The first-order chi connectivity index (χ1) is 19.5. The zero-order valence-electron chi connectivity index (χ0n) is 22.1. The maximum atomic E-state index is 14.9. The molecule has 1 saturated carbocycles. The van der Waals surface area contributed by atoms with Gasteiger partial charge in [-0.2, -0.15) is 8.42 Å². The lowest BCUT2D eigenvalue weighted by atomic mass is 9.81. The van der Waals surface area contributed by atoms with Gasteiger partial charge in [0, 0.05) is 25.6 Å². The first-order valence-corrected chi connectivity index (χ1v) is 14.8. The van der Waals surface area contributed by atoms with Crippen LogP contribution in [0.4, 0.5) is 4.39 Å². The van der Waals surface area contributed by atoms with Crippen LogP contribution in [0.3, 0.4) is 0 Å². The van der Waals surface area contributed by atoms with E-state index in [0.29, 0.717) is 48.9 Å². The van der Waals surface area contributed by atoms with Gasteiger partial charge < -0.3 is 15.0 Å². The van der Waals surface area contributed by atoms with Crippen LogP contribution >= 0.6 is 11.6 Å². The Labute approximate surface area is 242 Å². The van der Waals surface area contributed by atoms with Crippen LogP contribution in [0.15, 0.2) is 76.7 Å². The third-order valence-electron chi connectivity index (χ3n) is 6.90. The number of amidine groups is 1. The van der Waals surface area contributed by atoms with E-state index in [4.69, 9.17) is 41.4 Å². The maximum Gasteiger partial charge on any atom is 0.312 e. The number of hydrogen-bond acceptors (Lipinski definition) is 8. The van der Waals surface area contributed by atoms with Crippen molar-refractivity contribution in [2.45, 2.75) is 37.0 Å². The molecule has 6 rings (SSSR count). The Kier molecular flexibility index (Phi) is 7.76. The average molecular weight is 599 g/mol. The Bertz CT molecular complexity index is 1650. The lowest BCUT2D eigenvalue weighted by Gasteiger charge is -2.33. The number of hydrogen-bond donors (Lipinski definition) is 2. The summed E-state index contributed by atoms with van der Waals surface area (Å²) < 4.78 is 44.9. The third kappa shape index (κ3) is 5.64. The minimum absolute atomic E-state index is 0.0420. The number of fused-ring (bicyclic) bond motifs is 1. The van der Waals surface area contributed by atoms with E-state index in [1.807, 2.05) is 29.2 Å². The second kappa shape index (κ2) is 11.1. The molecule has 0 radical (unpaired) electrons. The number of benzene rings is 3. The normalized spacial score (nSPS) is 19.8. The smallest absolute Gasteiger partial charge is 0.312 e. The van der Waals surface area contributed by atoms with Gasteiger partial charge in [0.2, 0.25) is 0 Å². The molecule has 214 valence electrons. The minimum Gasteiger partial charge on any atom is -0.481 e. The van der Waals surface area contributed by atoms with Gasteiger partial charge in [0.25, 0.3) is 5.97 Å². The molecule has 0 aromatic heterocycles. The van der Waals surface area contributed by atoms with E-state index in [9.17, 15) is 12.8 Å². The Morgan fingerprint density at radius 3 is 2.49 bits per heavy atom. The maximum absolute atomic E-state index is 14.9. The highest BCUT2D eigenvalue weighted by Gasteiger charge is 2.49.